The molecular formula is C19H20N2O. The Morgan fingerprint density at radius 1 is 1.23 bits per heavy atom. The number of terminal acetylenes is 1. The molecule has 0 amide bonds. The van der Waals surface area contributed by atoms with Gasteiger partial charge >= 0.3 is 0 Å². The van der Waals surface area contributed by atoms with Crippen molar-refractivity contribution in [3.8, 4) is 18.1 Å². The Morgan fingerprint density at radius 3 is 2.86 bits per heavy atom. The first-order valence-corrected chi connectivity index (χ1v) is 7.61. The fourth-order valence-electron chi connectivity index (χ4n) is 3.06. The van der Waals surface area contributed by atoms with Crippen LogP contribution in [0.3, 0.4) is 0 Å². The lowest BCUT2D eigenvalue weighted by Gasteiger charge is -2.09. The van der Waals surface area contributed by atoms with Crippen LogP contribution in [0.5, 0.6) is 5.75 Å². The largest absolute Gasteiger partial charge is 0.497 e. The highest BCUT2D eigenvalue weighted by Gasteiger charge is 2.13. The van der Waals surface area contributed by atoms with Crippen LogP contribution in [-0.2, 0) is 6.54 Å². The maximum atomic E-state index is 5.39. The maximum Gasteiger partial charge on any atom is 0.120 e. The number of rotatable bonds is 5. The highest BCUT2D eigenvalue weighted by atomic mass is 16.5. The number of unbranched alkanes of at least 4 members (excludes halogenated alkanes) is 2. The molecule has 0 aliphatic heterocycles. The average Bonchev–Trinajstić information content (AvgIpc) is 2.86. The number of nitrogens with zero attached hydrogens (tertiary/aromatic N) is 2. The van der Waals surface area contributed by atoms with E-state index in [9.17, 15) is 0 Å². The molecule has 112 valence electrons. The van der Waals surface area contributed by atoms with E-state index in [1.54, 1.807) is 7.11 Å². The van der Waals surface area contributed by atoms with E-state index >= 15 is 0 Å². The van der Waals surface area contributed by atoms with Gasteiger partial charge in [0.2, 0.25) is 0 Å². The number of benzene rings is 1. The number of aromatic nitrogens is 2. The predicted octanol–water partition coefficient (Wildman–Crippen LogP) is 4.31. The standard InChI is InChI=1S/C19H20N2O/c1-4-5-6-7-12-21-18-13-15(22-3)8-9-16(18)17-10-11-20-14(2)19(17)21/h1,8-11,13H,5-7,12H2,2-3H3. The zero-order valence-corrected chi connectivity index (χ0v) is 13.1. The van der Waals surface area contributed by atoms with E-state index < -0.39 is 0 Å². The van der Waals surface area contributed by atoms with Gasteiger partial charge in [-0.15, -0.1) is 12.3 Å². The first-order chi connectivity index (χ1) is 10.8. The van der Waals surface area contributed by atoms with E-state index in [0.717, 1.165) is 37.3 Å². The van der Waals surface area contributed by atoms with Gasteiger partial charge in [0.25, 0.3) is 0 Å². The van der Waals surface area contributed by atoms with Crippen LogP contribution >= 0.6 is 0 Å². The molecule has 0 radical (unpaired) electrons. The molecule has 2 heterocycles. The second kappa shape index (κ2) is 6.11. The Balaban J connectivity index is 2.17. The SMILES string of the molecule is C#CCCCCn1c2cc(OC)ccc2c2ccnc(C)c21. The molecule has 3 heteroatoms. The minimum atomic E-state index is 0.831. The molecule has 0 spiro atoms. The molecule has 0 fully saturated rings. The summed E-state index contributed by atoms with van der Waals surface area (Å²) in [6, 6.07) is 8.35. The van der Waals surface area contributed by atoms with Crippen LogP contribution in [0, 0.1) is 19.3 Å². The van der Waals surface area contributed by atoms with Crippen LogP contribution in [0.15, 0.2) is 30.5 Å². The second-order valence-corrected chi connectivity index (χ2v) is 5.49. The van der Waals surface area contributed by atoms with Gasteiger partial charge in [0.05, 0.1) is 23.8 Å². The summed E-state index contributed by atoms with van der Waals surface area (Å²) in [6.45, 7) is 3.01. The van der Waals surface area contributed by atoms with Crippen LogP contribution in [-0.4, -0.2) is 16.7 Å². The molecule has 0 unspecified atom stereocenters. The van der Waals surface area contributed by atoms with E-state index in [4.69, 9.17) is 11.2 Å². The van der Waals surface area contributed by atoms with Crippen molar-refractivity contribution in [3.63, 3.8) is 0 Å². The first-order valence-electron chi connectivity index (χ1n) is 7.61. The van der Waals surface area contributed by atoms with E-state index in [0.29, 0.717) is 0 Å². The molecule has 0 saturated carbocycles. The molecule has 0 saturated heterocycles. The summed E-state index contributed by atoms with van der Waals surface area (Å²) in [5, 5.41) is 2.50. The van der Waals surface area contributed by atoms with E-state index in [1.165, 1.54) is 21.8 Å². The fourth-order valence-corrected chi connectivity index (χ4v) is 3.06. The van der Waals surface area contributed by atoms with Gasteiger partial charge < -0.3 is 9.30 Å². The van der Waals surface area contributed by atoms with Crippen molar-refractivity contribution in [3.05, 3.63) is 36.2 Å². The zero-order valence-electron chi connectivity index (χ0n) is 13.1. The average molecular weight is 292 g/mol. The number of hydrogen-bond donors (Lipinski definition) is 0. The molecule has 2 aromatic heterocycles. The van der Waals surface area contributed by atoms with E-state index in [2.05, 4.69) is 40.6 Å². The molecule has 0 aliphatic carbocycles. The summed E-state index contributed by atoms with van der Waals surface area (Å²) in [5.41, 5.74) is 3.47. The highest BCUT2D eigenvalue weighted by Crippen LogP contribution is 2.32. The van der Waals surface area contributed by atoms with Crippen LogP contribution in [0.2, 0.25) is 0 Å². The van der Waals surface area contributed by atoms with Crippen molar-refractivity contribution in [2.45, 2.75) is 32.7 Å². The summed E-state index contributed by atoms with van der Waals surface area (Å²) < 4.78 is 7.74. The lowest BCUT2D eigenvalue weighted by molar-refractivity contribution is 0.415. The zero-order chi connectivity index (χ0) is 15.5. The molecule has 0 aliphatic rings. The fraction of sp³-hybridized carbons (Fsp3) is 0.316. The topological polar surface area (TPSA) is 27.1 Å². The van der Waals surface area contributed by atoms with E-state index in [-0.39, 0.29) is 0 Å². The van der Waals surface area contributed by atoms with Crippen molar-refractivity contribution >= 4 is 21.8 Å². The van der Waals surface area contributed by atoms with Crippen molar-refractivity contribution < 1.29 is 4.74 Å². The summed E-state index contributed by atoms with van der Waals surface area (Å²) >= 11 is 0. The first kappa shape index (κ1) is 14.5. The number of fused-ring (bicyclic) bond motifs is 3. The molecule has 1 aromatic carbocycles. The summed E-state index contributed by atoms with van der Waals surface area (Å²) in [4.78, 5) is 4.47. The van der Waals surface area contributed by atoms with Gasteiger partial charge in [-0.1, -0.05) is 0 Å². The normalized spacial score (nSPS) is 11.0. The predicted molar refractivity (Wildman–Crippen MR) is 91.2 cm³/mol. The number of pyridine rings is 1. The number of ether oxygens (including phenoxy) is 1. The van der Waals surface area contributed by atoms with Crippen LogP contribution in [0.4, 0.5) is 0 Å². The minimum absolute atomic E-state index is 0.831. The minimum Gasteiger partial charge on any atom is -0.497 e. The van der Waals surface area contributed by atoms with Crippen LogP contribution in [0.25, 0.3) is 21.8 Å². The molecule has 0 bridgehead atoms. The van der Waals surface area contributed by atoms with Crippen LogP contribution < -0.4 is 4.74 Å². The van der Waals surface area contributed by atoms with Gasteiger partial charge in [-0.2, -0.15) is 0 Å². The quantitative estimate of drug-likeness (QED) is 0.517. The van der Waals surface area contributed by atoms with Gasteiger partial charge in [-0.05, 0) is 38.0 Å². The van der Waals surface area contributed by atoms with Crippen molar-refractivity contribution in [2.24, 2.45) is 0 Å². The lowest BCUT2D eigenvalue weighted by atomic mass is 10.1. The molecule has 0 atom stereocenters. The van der Waals surface area contributed by atoms with Crippen molar-refractivity contribution in [1.82, 2.24) is 9.55 Å². The van der Waals surface area contributed by atoms with E-state index in [1.807, 2.05) is 12.3 Å². The number of hydrogen-bond acceptors (Lipinski definition) is 2. The molecular weight excluding hydrogens is 272 g/mol. The third-order valence-corrected chi connectivity index (χ3v) is 4.12. The summed E-state index contributed by atoms with van der Waals surface area (Å²) in [6.07, 6.45) is 10.2. The van der Waals surface area contributed by atoms with Gasteiger partial charge in [-0.3, -0.25) is 4.98 Å². The van der Waals surface area contributed by atoms with Gasteiger partial charge in [0.15, 0.2) is 0 Å². The molecule has 22 heavy (non-hydrogen) atoms. The van der Waals surface area contributed by atoms with Gasteiger partial charge in [0, 0.05) is 36.0 Å². The van der Waals surface area contributed by atoms with Crippen molar-refractivity contribution in [2.75, 3.05) is 7.11 Å². The second-order valence-electron chi connectivity index (χ2n) is 5.49. The van der Waals surface area contributed by atoms with Gasteiger partial charge in [-0.25, -0.2) is 0 Å². The Morgan fingerprint density at radius 2 is 2.09 bits per heavy atom. The monoisotopic (exact) mass is 292 g/mol. The Bertz CT molecular complexity index is 855. The van der Waals surface area contributed by atoms with Crippen molar-refractivity contribution in [1.29, 1.82) is 0 Å². The Hall–Kier alpha value is -2.47. The molecule has 3 nitrogen and oxygen atoms in total. The molecule has 3 rings (SSSR count). The van der Waals surface area contributed by atoms with Gasteiger partial charge in [0.1, 0.15) is 5.75 Å². The third-order valence-electron chi connectivity index (χ3n) is 4.12. The molecule has 3 aromatic rings. The maximum absolute atomic E-state index is 5.39. The third kappa shape index (κ3) is 2.42. The summed E-state index contributed by atoms with van der Waals surface area (Å²) in [5.74, 6) is 3.59. The highest BCUT2D eigenvalue weighted by molar-refractivity contribution is 6.09. The number of aryl methyl sites for hydroxylation is 2. The number of methoxy groups -OCH3 is 1. The molecule has 0 N–H and O–H groups in total. The van der Waals surface area contributed by atoms with Crippen LogP contribution in [0.1, 0.15) is 25.0 Å². The Labute approximate surface area is 130 Å². The lowest BCUT2D eigenvalue weighted by Crippen LogP contribution is -2.00. The summed E-state index contributed by atoms with van der Waals surface area (Å²) in [7, 11) is 1.70. The smallest absolute Gasteiger partial charge is 0.120 e. The Kier molecular flexibility index (Phi) is 4.02.